The zero-order valence-corrected chi connectivity index (χ0v) is 11.5. The molecular formula is C11H23BN2O2. The third-order valence-corrected chi connectivity index (χ3v) is 3.22. The fourth-order valence-corrected chi connectivity index (χ4v) is 1.52. The third kappa shape index (κ3) is 2.58. The first-order valence-corrected chi connectivity index (χ1v) is 5.80. The van der Waals surface area contributed by atoms with Crippen LogP contribution in [0, 0.1) is 0 Å². The molecule has 1 fully saturated rings. The fraction of sp³-hybridized carbons (Fsp3) is 0.909. The lowest BCUT2D eigenvalue weighted by molar-refractivity contribution is 0.00578. The normalized spacial score (nSPS) is 23.7. The van der Waals surface area contributed by atoms with E-state index in [-0.39, 0.29) is 18.3 Å². The van der Waals surface area contributed by atoms with E-state index in [4.69, 9.17) is 9.31 Å². The molecule has 4 nitrogen and oxygen atoms in total. The Labute approximate surface area is 99.1 Å². The molecule has 0 unspecified atom stereocenters. The van der Waals surface area contributed by atoms with Crippen LogP contribution in [0.2, 0.25) is 0 Å². The maximum absolute atomic E-state index is 5.94. The Morgan fingerprint density at radius 3 is 1.88 bits per heavy atom. The van der Waals surface area contributed by atoms with Gasteiger partial charge in [0.25, 0.3) is 0 Å². The molecule has 0 aromatic rings. The van der Waals surface area contributed by atoms with Gasteiger partial charge in [-0.1, -0.05) is 6.92 Å². The number of rotatable bonds is 3. The molecule has 1 aliphatic heterocycles. The van der Waals surface area contributed by atoms with Crippen LogP contribution in [0.4, 0.5) is 0 Å². The van der Waals surface area contributed by atoms with Crippen LogP contribution in [0.5, 0.6) is 0 Å². The van der Waals surface area contributed by atoms with Gasteiger partial charge < -0.3 is 14.3 Å². The minimum Gasteiger partial charge on any atom is -0.399 e. The summed E-state index contributed by atoms with van der Waals surface area (Å²) in [7, 11) is 3.49. The van der Waals surface area contributed by atoms with Crippen LogP contribution in [0.25, 0.3) is 0 Å². The molecule has 16 heavy (non-hydrogen) atoms. The van der Waals surface area contributed by atoms with Gasteiger partial charge in [0, 0.05) is 14.1 Å². The predicted octanol–water partition coefficient (Wildman–Crippen LogP) is 1.95. The van der Waals surface area contributed by atoms with Crippen LogP contribution in [0.1, 0.15) is 41.0 Å². The molecule has 5 heteroatoms. The van der Waals surface area contributed by atoms with E-state index in [0.29, 0.717) is 0 Å². The van der Waals surface area contributed by atoms with Gasteiger partial charge >= 0.3 is 7.12 Å². The van der Waals surface area contributed by atoms with Crippen molar-refractivity contribution in [2.75, 3.05) is 14.1 Å². The third-order valence-electron chi connectivity index (χ3n) is 3.22. The largest absolute Gasteiger partial charge is 0.511 e. The van der Waals surface area contributed by atoms with Gasteiger partial charge in [-0.05, 0) is 34.1 Å². The molecule has 0 atom stereocenters. The van der Waals surface area contributed by atoms with Crippen LogP contribution in [-0.2, 0) is 9.31 Å². The summed E-state index contributed by atoms with van der Waals surface area (Å²) in [6.45, 7) is 10.3. The van der Waals surface area contributed by atoms with Crippen molar-refractivity contribution in [2.24, 2.45) is 5.10 Å². The Bertz CT molecular complexity index is 272. The van der Waals surface area contributed by atoms with Gasteiger partial charge in [-0.15, -0.1) is 0 Å². The van der Waals surface area contributed by atoms with Crippen molar-refractivity contribution in [3.05, 3.63) is 0 Å². The van der Waals surface area contributed by atoms with Gasteiger partial charge in [0.1, 0.15) is 0 Å². The quantitative estimate of drug-likeness (QED) is 0.419. The zero-order chi connectivity index (χ0) is 12.6. The Kier molecular flexibility index (Phi) is 3.70. The molecule has 0 saturated carbocycles. The van der Waals surface area contributed by atoms with Crippen LogP contribution >= 0.6 is 0 Å². The fourth-order valence-electron chi connectivity index (χ4n) is 1.52. The van der Waals surface area contributed by atoms with Crippen molar-refractivity contribution in [1.29, 1.82) is 0 Å². The SMILES string of the molecule is CC/C(=N\N(C)C)B1OC(C)(C)C(C)(C)O1. The molecule has 0 aromatic heterocycles. The summed E-state index contributed by atoms with van der Waals surface area (Å²) in [5.74, 6) is 0. The van der Waals surface area contributed by atoms with Crippen molar-refractivity contribution < 1.29 is 9.31 Å². The first-order valence-electron chi connectivity index (χ1n) is 5.80. The monoisotopic (exact) mass is 226 g/mol. The minimum absolute atomic E-state index is 0.292. The van der Waals surface area contributed by atoms with E-state index in [1.165, 1.54) is 0 Å². The van der Waals surface area contributed by atoms with Gasteiger partial charge in [-0.25, -0.2) is 0 Å². The first kappa shape index (κ1) is 13.5. The molecule has 0 N–H and O–H groups in total. The lowest BCUT2D eigenvalue weighted by atomic mass is 9.80. The van der Waals surface area contributed by atoms with Crippen molar-refractivity contribution in [2.45, 2.75) is 52.2 Å². The molecule has 0 amide bonds. The average Bonchev–Trinajstić information content (AvgIpc) is 2.31. The second kappa shape index (κ2) is 4.38. The van der Waals surface area contributed by atoms with Crippen molar-refractivity contribution >= 4 is 12.7 Å². The second-order valence-electron chi connectivity index (χ2n) is 5.38. The van der Waals surface area contributed by atoms with E-state index < -0.39 is 0 Å². The molecule has 1 aliphatic rings. The molecule has 0 aliphatic carbocycles. The summed E-state index contributed by atoms with van der Waals surface area (Å²) < 4.78 is 11.9. The average molecular weight is 226 g/mol. The van der Waals surface area contributed by atoms with Gasteiger partial charge in [-0.3, -0.25) is 0 Å². The summed E-state index contributed by atoms with van der Waals surface area (Å²) in [6.07, 6.45) is 0.828. The maximum atomic E-state index is 5.94. The molecule has 1 saturated heterocycles. The topological polar surface area (TPSA) is 34.1 Å². The highest BCUT2D eigenvalue weighted by Crippen LogP contribution is 2.37. The molecule has 0 aromatic carbocycles. The van der Waals surface area contributed by atoms with Crippen LogP contribution < -0.4 is 0 Å². The van der Waals surface area contributed by atoms with Gasteiger partial charge in [0.05, 0.1) is 16.8 Å². The maximum Gasteiger partial charge on any atom is 0.511 e. The number of nitrogens with zero attached hydrogens (tertiary/aromatic N) is 2. The van der Waals surface area contributed by atoms with Crippen LogP contribution in [0.3, 0.4) is 0 Å². The van der Waals surface area contributed by atoms with Crippen molar-refractivity contribution in [3.8, 4) is 0 Å². The smallest absolute Gasteiger partial charge is 0.399 e. The van der Waals surface area contributed by atoms with Gasteiger partial charge in [-0.2, -0.15) is 5.10 Å². The second-order valence-corrected chi connectivity index (χ2v) is 5.38. The Morgan fingerprint density at radius 1 is 1.12 bits per heavy atom. The summed E-state index contributed by atoms with van der Waals surface area (Å²) in [5, 5.41) is 6.19. The molecular weight excluding hydrogens is 203 g/mol. The molecule has 0 bridgehead atoms. The van der Waals surface area contributed by atoms with E-state index >= 15 is 0 Å². The first-order chi connectivity index (χ1) is 7.19. The number of hydrogen-bond donors (Lipinski definition) is 0. The van der Waals surface area contributed by atoms with E-state index in [0.717, 1.165) is 12.0 Å². The van der Waals surface area contributed by atoms with Crippen LogP contribution in [0.15, 0.2) is 5.10 Å². The minimum atomic E-state index is -0.322. The molecule has 0 radical (unpaired) electrons. The van der Waals surface area contributed by atoms with E-state index in [2.05, 4.69) is 39.7 Å². The number of hydrazone groups is 1. The molecule has 1 heterocycles. The summed E-state index contributed by atoms with van der Waals surface area (Å²) in [4.78, 5) is 0. The Hall–Kier alpha value is -0.545. The summed E-state index contributed by atoms with van der Waals surface area (Å²) >= 11 is 0. The van der Waals surface area contributed by atoms with E-state index in [9.17, 15) is 0 Å². The predicted molar refractivity (Wildman–Crippen MR) is 67.5 cm³/mol. The highest BCUT2D eigenvalue weighted by atomic mass is 16.7. The molecule has 92 valence electrons. The molecule has 1 rings (SSSR count). The Balaban J connectivity index is 2.86. The highest BCUT2D eigenvalue weighted by Gasteiger charge is 2.52. The summed E-state index contributed by atoms with van der Waals surface area (Å²) in [6, 6.07) is 0. The standard InChI is InChI=1S/C11H23BN2O2/c1-8-9(13-14(6)7)12-15-10(2,3)11(4,5)16-12/h8H2,1-7H3/b13-9+. The Morgan fingerprint density at radius 2 is 1.56 bits per heavy atom. The van der Waals surface area contributed by atoms with E-state index in [1.807, 2.05) is 14.1 Å². The number of hydrogen-bond acceptors (Lipinski definition) is 4. The van der Waals surface area contributed by atoms with E-state index in [1.54, 1.807) is 5.01 Å². The highest BCUT2D eigenvalue weighted by molar-refractivity contribution is 6.82. The van der Waals surface area contributed by atoms with Crippen LogP contribution in [-0.4, -0.2) is 43.0 Å². The lowest BCUT2D eigenvalue weighted by Crippen LogP contribution is -2.41. The van der Waals surface area contributed by atoms with Gasteiger partial charge in [0.15, 0.2) is 0 Å². The van der Waals surface area contributed by atoms with Gasteiger partial charge in [0.2, 0.25) is 0 Å². The van der Waals surface area contributed by atoms with Crippen molar-refractivity contribution in [1.82, 2.24) is 5.01 Å². The lowest BCUT2D eigenvalue weighted by Gasteiger charge is -2.32. The zero-order valence-electron chi connectivity index (χ0n) is 11.5. The van der Waals surface area contributed by atoms with Crippen molar-refractivity contribution in [3.63, 3.8) is 0 Å². The molecule has 0 spiro atoms. The summed E-state index contributed by atoms with van der Waals surface area (Å²) in [5.41, 5.74) is 0.350.